The zero-order chi connectivity index (χ0) is 15.6. The van der Waals surface area contributed by atoms with Crippen LogP contribution in [0.25, 0.3) is 11.0 Å². The van der Waals surface area contributed by atoms with Crippen molar-refractivity contribution in [3.63, 3.8) is 0 Å². The molecule has 0 fully saturated rings. The van der Waals surface area contributed by atoms with Crippen molar-refractivity contribution < 1.29 is 13.2 Å². The molecule has 0 unspecified atom stereocenters. The quantitative estimate of drug-likeness (QED) is 0.777. The third-order valence-electron chi connectivity index (χ3n) is 3.24. The number of halogens is 3. The third-order valence-corrected chi connectivity index (χ3v) is 3.24. The molecule has 2 N–H and O–H groups in total. The topological polar surface area (TPSA) is 66.5 Å². The highest BCUT2D eigenvalue weighted by Gasteiger charge is 2.29. The highest BCUT2D eigenvalue weighted by atomic mass is 19.4. The molecule has 1 aromatic carbocycles. The van der Waals surface area contributed by atoms with Gasteiger partial charge in [-0.1, -0.05) is 12.1 Å². The van der Waals surface area contributed by atoms with E-state index in [9.17, 15) is 13.2 Å². The van der Waals surface area contributed by atoms with Gasteiger partial charge in [-0.2, -0.15) is 18.3 Å². The predicted molar refractivity (Wildman–Crippen MR) is 75.3 cm³/mol. The molecule has 0 aliphatic rings. The number of hydrogen-bond donors (Lipinski definition) is 2. The summed E-state index contributed by atoms with van der Waals surface area (Å²) >= 11 is 0. The van der Waals surface area contributed by atoms with Crippen molar-refractivity contribution in [2.75, 3.05) is 11.9 Å². The first-order chi connectivity index (χ1) is 10.5. The van der Waals surface area contributed by atoms with Gasteiger partial charge in [0, 0.05) is 6.54 Å². The maximum absolute atomic E-state index is 12.5. The van der Waals surface area contributed by atoms with Crippen LogP contribution < -0.4 is 5.32 Å². The summed E-state index contributed by atoms with van der Waals surface area (Å²) in [6.07, 6.45) is -0.678. The highest BCUT2D eigenvalue weighted by Crippen LogP contribution is 2.29. The molecular formula is C14H12F3N5. The smallest absolute Gasteiger partial charge is 0.369 e. The van der Waals surface area contributed by atoms with E-state index in [4.69, 9.17) is 0 Å². The van der Waals surface area contributed by atoms with Gasteiger partial charge in [0.2, 0.25) is 0 Å². The average molecular weight is 307 g/mol. The van der Waals surface area contributed by atoms with E-state index in [0.29, 0.717) is 24.4 Å². The lowest BCUT2D eigenvalue weighted by atomic mass is 10.1. The molecule has 0 bridgehead atoms. The van der Waals surface area contributed by atoms with Crippen molar-refractivity contribution in [3.8, 4) is 0 Å². The van der Waals surface area contributed by atoms with E-state index < -0.39 is 11.7 Å². The van der Waals surface area contributed by atoms with Crippen molar-refractivity contribution in [2.24, 2.45) is 0 Å². The van der Waals surface area contributed by atoms with Crippen LogP contribution in [-0.2, 0) is 12.6 Å². The largest absolute Gasteiger partial charge is 0.416 e. The summed E-state index contributed by atoms with van der Waals surface area (Å²) in [5.41, 5.74) is 0.810. The molecule has 0 saturated heterocycles. The molecule has 0 saturated carbocycles. The summed E-state index contributed by atoms with van der Waals surface area (Å²) in [5.74, 6) is 0.644. The molecule has 3 rings (SSSR count). The number of aromatic nitrogens is 4. The van der Waals surface area contributed by atoms with Crippen LogP contribution in [-0.4, -0.2) is 26.7 Å². The van der Waals surface area contributed by atoms with Crippen molar-refractivity contribution >= 4 is 16.9 Å². The molecule has 2 heterocycles. The molecule has 0 aliphatic heterocycles. The molecule has 3 aromatic rings. The Morgan fingerprint density at radius 2 is 1.86 bits per heavy atom. The summed E-state index contributed by atoms with van der Waals surface area (Å²) in [6.45, 7) is 0.544. The number of fused-ring (bicyclic) bond motifs is 1. The van der Waals surface area contributed by atoms with Crippen LogP contribution in [0.3, 0.4) is 0 Å². The summed E-state index contributed by atoms with van der Waals surface area (Å²) in [5, 5.41) is 10.5. The van der Waals surface area contributed by atoms with Crippen LogP contribution in [0, 0.1) is 0 Å². The second-order valence-electron chi connectivity index (χ2n) is 4.73. The van der Waals surface area contributed by atoms with Crippen molar-refractivity contribution in [2.45, 2.75) is 12.6 Å². The average Bonchev–Trinajstić information content (AvgIpc) is 2.96. The van der Waals surface area contributed by atoms with Gasteiger partial charge in [0.25, 0.3) is 0 Å². The molecule has 22 heavy (non-hydrogen) atoms. The normalized spacial score (nSPS) is 11.8. The van der Waals surface area contributed by atoms with Gasteiger partial charge >= 0.3 is 6.18 Å². The number of alkyl halides is 3. The van der Waals surface area contributed by atoms with E-state index in [0.717, 1.165) is 23.1 Å². The molecule has 114 valence electrons. The number of hydrogen-bond acceptors (Lipinski definition) is 4. The molecule has 0 atom stereocenters. The molecule has 8 heteroatoms. The highest BCUT2D eigenvalue weighted by molar-refractivity contribution is 5.85. The number of benzene rings is 1. The number of nitrogens with zero attached hydrogens (tertiary/aromatic N) is 3. The molecule has 2 aromatic heterocycles. The first kappa shape index (κ1) is 14.3. The van der Waals surface area contributed by atoms with E-state index in [1.54, 1.807) is 6.20 Å². The molecule has 0 spiro atoms. The van der Waals surface area contributed by atoms with Gasteiger partial charge < -0.3 is 5.32 Å². The fourth-order valence-corrected chi connectivity index (χ4v) is 2.09. The van der Waals surface area contributed by atoms with Crippen LogP contribution in [0.15, 0.2) is 36.8 Å². The molecule has 5 nitrogen and oxygen atoms in total. The van der Waals surface area contributed by atoms with E-state index >= 15 is 0 Å². The second-order valence-corrected chi connectivity index (χ2v) is 4.73. The Kier molecular flexibility index (Phi) is 3.66. The summed E-state index contributed by atoms with van der Waals surface area (Å²) < 4.78 is 37.4. The van der Waals surface area contributed by atoms with Gasteiger partial charge in [-0.25, -0.2) is 9.97 Å². The van der Waals surface area contributed by atoms with Crippen LogP contribution in [0.1, 0.15) is 11.1 Å². The fraction of sp³-hybridized carbons (Fsp3) is 0.214. The monoisotopic (exact) mass is 307 g/mol. The minimum atomic E-state index is -4.30. The minimum Gasteiger partial charge on any atom is -0.369 e. The molecule has 0 amide bonds. The third kappa shape index (κ3) is 3.00. The Morgan fingerprint density at radius 1 is 1.09 bits per heavy atom. The molecule has 0 radical (unpaired) electrons. The number of anilines is 1. The first-order valence-electron chi connectivity index (χ1n) is 6.58. The lowest BCUT2D eigenvalue weighted by Crippen LogP contribution is -2.08. The van der Waals surface area contributed by atoms with Crippen LogP contribution in [0.2, 0.25) is 0 Å². The van der Waals surface area contributed by atoms with Gasteiger partial charge in [-0.05, 0) is 24.1 Å². The Hall–Kier alpha value is -2.64. The van der Waals surface area contributed by atoms with Gasteiger partial charge in [0.05, 0.1) is 17.1 Å². The summed E-state index contributed by atoms with van der Waals surface area (Å²) in [6, 6.07) is 5.15. The Bertz CT molecular complexity index is 764. The van der Waals surface area contributed by atoms with Crippen molar-refractivity contribution in [1.29, 1.82) is 0 Å². The van der Waals surface area contributed by atoms with Crippen LogP contribution in [0.4, 0.5) is 19.0 Å². The first-order valence-corrected chi connectivity index (χ1v) is 6.58. The van der Waals surface area contributed by atoms with Crippen LogP contribution >= 0.6 is 0 Å². The molecular weight excluding hydrogens is 295 g/mol. The minimum absolute atomic E-state index is 0.544. The van der Waals surface area contributed by atoms with Crippen molar-refractivity contribution in [3.05, 3.63) is 47.9 Å². The number of rotatable bonds is 4. The SMILES string of the molecule is FC(F)(F)c1ccc(CCNc2ncnc3[nH]ncc23)cc1. The van der Waals surface area contributed by atoms with Gasteiger partial charge in [0.15, 0.2) is 5.65 Å². The van der Waals surface area contributed by atoms with Crippen LogP contribution in [0.5, 0.6) is 0 Å². The van der Waals surface area contributed by atoms with E-state index in [-0.39, 0.29) is 0 Å². The zero-order valence-corrected chi connectivity index (χ0v) is 11.4. The van der Waals surface area contributed by atoms with E-state index in [1.165, 1.54) is 18.5 Å². The van der Waals surface area contributed by atoms with E-state index in [2.05, 4.69) is 25.5 Å². The van der Waals surface area contributed by atoms with Gasteiger partial charge in [-0.3, -0.25) is 5.10 Å². The molecule has 0 aliphatic carbocycles. The maximum atomic E-state index is 12.5. The number of aromatic amines is 1. The Labute approximate surface area is 123 Å². The van der Waals surface area contributed by atoms with Gasteiger partial charge in [0.1, 0.15) is 12.1 Å². The standard InChI is InChI=1S/C14H12F3N5/c15-14(16,17)10-3-1-9(2-4-10)5-6-18-12-11-7-21-22-13(11)20-8-19-12/h1-4,7-8H,5-6H2,(H2,18,19,20,21,22). The lowest BCUT2D eigenvalue weighted by molar-refractivity contribution is -0.137. The van der Waals surface area contributed by atoms with Gasteiger partial charge in [-0.15, -0.1) is 0 Å². The van der Waals surface area contributed by atoms with E-state index in [1.807, 2.05) is 0 Å². The summed E-state index contributed by atoms with van der Waals surface area (Å²) in [7, 11) is 0. The number of nitrogens with one attached hydrogen (secondary N) is 2. The summed E-state index contributed by atoms with van der Waals surface area (Å²) in [4.78, 5) is 8.15. The Morgan fingerprint density at radius 3 is 2.59 bits per heavy atom. The maximum Gasteiger partial charge on any atom is 0.416 e. The fourth-order valence-electron chi connectivity index (χ4n) is 2.09. The zero-order valence-electron chi connectivity index (χ0n) is 11.4. The lowest BCUT2D eigenvalue weighted by Gasteiger charge is -2.08. The van der Waals surface area contributed by atoms with Crippen molar-refractivity contribution in [1.82, 2.24) is 20.2 Å². The predicted octanol–water partition coefficient (Wildman–Crippen LogP) is 3.03. The Balaban J connectivity index is 1.62. The number of H-pyrrole nitrogens is 1. The second kappa shape index (κ2) is 5.63.